The molecule has 0 heterocycles. The van der Waals surface area contributed by atoms with Crippen molar-refractivity contribution in [1.29, 1.82) is 0 Å². The molecule has 1 aliphatic rings. The van der Waals surface area contributed by atoms with Crippen LogP contribution in [-0.4, -0.2) is 29.5 Å². The molecule has 2 atom stereocenters. The monoisotopic (exact) mass is 341 g/mol. The summed E-state index contributed by atoms with van der Waals surface area (Å²) in [5, 5.41) is 12.7. The van der Waals surface area contributed by atoms with Crippen LogP contribution in [0, 0.1) is 5.92 Å². The van der Waals surface area contributed by atoms with Gasteiger partial charge in [0, 0.05) is 17.4 Å². The Morgan fingerprint density at radius 2 is 2.30 bits per heavy atom. The van der Waals surface area contributed by atoms with Crippen molar-refractivity contribution in [2.45, 2.75) is 30.5 Å². The molecule has 1 aromatic rings. The molecule has 0 aliphatic heterocycles. The molecular formula is C15H20BrNO3. The first-order chi connectivity index (χ1) is 9.60. The molecule has 1 fully saturated rings. The fraction of sp³-hybridized carbons (Fsp3) is 0.533. The van der Waals surface area contributed by atoms with Crippen molar-refractivity contribution in [3.05, 3.63) is 23.8 Å². The SMILES string of the molecule is COc1ccc(C(=O)NCC2CCCC(Br)C2)c(O)c1. The van der Waals surface area contributed by atoms with Gasteiger partial charge in [-0.3, -0.25) is 4.79 Å². The molecule has 0 spiro atoms. The molecule has 1 saturated carbocycles. The Kier molecular flexibility index (Phi) is 5.29. The van der Waals surface area contributed by atoms with E-state index >= 15 is 0 Å². The molecular weight excluding hydrogens is 322 g/mol. The Hall–Kier alpha value is -1.23. The van der Waals surface area contributed by atoms with E-state index in [0.717, 1.165) is 12.8 Å². The van der Waals surface area contributed by atoms with E-state index in [4.69, 9.17) is 4.74 Å². The van der Waals surface area contributed by atoms with Gasteiger partial charge in [-0.15, -0.1) is 0 Å². The number of phenolic OH excluding ortho intramolecular Hbond substituents is 1. The van der Waals surface area contributed by atoms with E-state index < -0.39 is 0 Å². The van der Waals surface area contributed by atoms with Crippen molar-refractivity contribution in [2.24, 2.45) is 5.92 Å². The summed E-state index contributed by atoms with van der Waals surface area (Å²) in [6.07, 6.45) is 4.65. The van der Waals surface area contributed by atoms with Crippen molar-refractivity contribution in [2.75, 3.05) is 13.7 Å². The quantitative estimate of drug-likeness (QED) is 0.827. The summed E-state index contributed by atoms with van der Waals surface area (Å²) in [6, 6.07) is 4.70. The minimum Gasteiger partial charge on any atom is -0.507 e. The third-order valence-corrected chi connectivity index (χ3v) is 4.55. The van der Waals surface area contributed by atoms with Crippen LogP contribution in [0.15, 0.2) is 18.2 Å². The van der Waals surface area contributed by atoms with Crippen LogP contribution in [0.5, 0.6) is 11.5 Å². The Bertz CT molecular complexity index is 478. The predicted octanol–water partition coefficient (Wildman–Crippen LogP) is 3.08. The van der Waals surface area contributed by atoms with Crippen LogP contribution in [0.3, 0.4) is 0 Å². The number of hydrogen-bond donors (Lipinski definition) is 2. The molecule has 1 amide bonds. The maximum Gasteiger partial charge on any atom is 0.255 e. The number of halogens is 1. The molecule has 20 heavy (non-hydrogen) atoms. The summed E-state index contributed by atoms with van der Waals surface area (Å²) in [5.41, 5.74) is 0.289. The highest BCUT2D eigenvalue weighted by Gasteiger charge is 2.21. The topological polar surface area (TPSA) is 58.6 Å². The van der Waals surface area contributed by atoms with Crippen LogP contribution in [0.2, 0.25) is 0 Å². The first kappa shape index (κ1) is 15.2. The second-order valence-corrected chi connectivity index (χ2v) is 6.52. The Morgan fingerprint density at radius 3 is 2.95 bits per heavy atom. The zero-order chi connectivity index (χ0) is 14.5. The first-order valence-electron chi connectivity index (χ1n) is 6.89. The molecule has 0 bridgehead atoms. The van der Waals surface area contributed by atoms with Gasteiger partial charge >= 0.3 is 0 Å². The molecule has 1 aliphatic carbocycles. The van der Waals surface area contributed by atoms with Gasteiger partial charge in [-0.05, 0) is 37.3 Å². The summed E-state index contributed by atoms with van der Waals surface area (Å²) >= 11 is 3.64. The van der Waals surface area contributed by atoms with Gasteiger partial charge < -0.3 is 15.2 Å². The summed E-state index contributed by atoms with van der Waals surface area (Å²) < 4.78 is 5.00. The van der Waals surface area contributed by atoms with Crippen LogP contribution in [0.1, 0.15) is 36.0 Å². The molecule has 2 unspecified atom stereocenters. The minimum atomic E-state index is -0.234. The van der Waals surface area contributed by atoms with Crippen molar-refractivity contribution in [1.82, 2.24) is 5.32 Å². The number of benzene rings is 1. The minimum absolute atomic E-state index is 0.0520. The molecule has 2 rings (SSSR count). The molecule has 5 heteroatoms. The maximum absolute atomic E-state index is 12.1. The van der Waals surface area contributed by atoms with Gasteiger partial charge in [-0.1, -0.05) is 22.4 Å². The lowest BCUT2D eigenvalue weighted by atomic mass is 9.89. The van der Waals surface area contributed by atoms with Crippen LogP contribution in [0.4, 0.5) is 0 Å². The molecule has 2 N–H and O–H groups in total. The number of aromatic hydroxyl groups is 1. The zero-order valence-corrected chi connectivity index (χ0v) is 13.1. The third kappa shape index (κ3) is 3.88. The number of ether oxygens (including phenoxy) is 1. The standard InChI is InChI=1S/C15H20BrNO3/c1-20-12-5-6-13(14(18)8-12)15(19)17-9-10-3-2-4-11(16)7-10/h5-6,8,10-11,18H,2-4,7,9H2,1H3,(H,17,19). The normalized spacial score (nSPS) is 22.3. The lowest BCUT2D eigenvalue weighted by molar-refractivity contribution is 0.0941. The van der Waals surface area contributed by atoms with Gasteiger partial charge in [0.15, 0.2) is 0 Å². The van der Waals surface area contributed by atoms with E-state index in [2.05, 4.69) is 21.2 Å². The predicted molar refractivity (Wildman–Crippen MR) is 81.7 cm³/mol. The fourth-order valence-corrected chi connectivity index (χ4v) is 3.43. The second kappa shape index (κ2) is 6.97. The second-order valence-electron chi connectivity index (χ2n) is 5.22. The van der Waals surface area contributed by atoms with Crippen LogP contribution in [0.25, 0.3) is 0 Å². The van der Waals surface area contributed by atoms with Gasteiger partial charge in [-0.2, -0.15) is 0 Å². The molecule has 4 nitrogen and oxygen atoms in total. The van der Waals surface area contributed by atoms with E-state index in [1.54, 1.807) is 12.1 Å². The zero-order valence-electron chi connectivity index (χ0n) is 11.6. The smallest absolute Gasteiger partial charge is 0.255 e. The number of amides is 1. The summed E-state index contributed by atoms with van der Waals surface area (Å²) in [6.45, 7) is 0.659. The number of nitrogens with one attached hydrogen (secondary N) is 1. The number of carbonyl (C=O) groups excluding carboxylic acids is 1. The van der Waals surface area contributed by atoms with Crippen LogP contribution >= 0.6 is 15.9 Å². The van der Waals surface area contributed by atoms with Crippen molar-refractivity contribution in [3.63, 3.8) is 0 Å². The number of phenols is 1. The van der Waals surface area contributed by atoms with E-state index in [9.17, 15) is 9.90 Å². The third-order valence-electron chi connectivity index (χ3n) is 3.72. The summed E-state index contributed by atoms with van der Waals surface area (Å²) in [4.78, 5) is 12.6. The average Bonchev–Trinajstić information content (AvgIpc) is 2.44. The van der Waals surface area contributed by atoms with Crippen LogP contribution < -0.4 is 10.1 Å². The van der Waals surface area contributed by atoms with E-state index in [-0.39, 0.29) is 17.2 Å². The Morgan fingerprint density at radius 1 is 1.50 bits per heavy atom. The van der Waals surface area contributed by atoms with Crippen molar-refractivity contribution >= 4 is 21.8 Å². The molecule has 0 saturated heterocycles. The number of carbonyl (C=O) groups is 1. The number of hydrogen-bond acceptors (Lipinski definition) is 3. The lowest BCUT2D eigenvalue weighted by Crippen LogP contribution is -2.32. The number of alkyl halides is 1. The number of methoxy groups -OCH3 is 1. The highest BCUT2D eigenvalue weighted by molar-refractivity contribution is 9.09. The highest BCUT2D eigenvalue weighted by Crippen LogP contribution is 2.28. The molecule has 1 aromatic carbocycles. The number of rotatable bonds is 4. The first-order valence-corrected chi connectivity index (χ1v) is 7.81. The molecule has 110 valence electrons. The molecule has 0 radical (unpaired) electrons. The van der Waals surface area contributed by atoms with Gasteiger partial charge in [0.25, 0.3) is 5.91 Å². The average molecular weight is 342 g/mol. The highest BCUT2D eigenvalue weighted by atomic mass is 79.9. The van der Waals surface area contributed by atoms with Crippen molar-refractivity contribution < 1.29 is 14.6 Å². The van der Waals surface area contributed by atoms with Gasteiger partial charge in [-0.25, -0.2) is 0 Å². The van der Waals surface area contributed by atoms with E-state index in [1.165, 1.54) is 26.0 Å². The van der Waals surface area contributed by atoms with E-state index in [0.29, 0.717) is 23.0 Å². The largest absolute Gasteiger partial charge is 0.507 e. The molecule has 0 aromatic heterocycles. The fourth-order valence-electron chi connectivity index (χ4n) is 2.57. The van der Waals surface area contributed by atoms with Gasteiger partial charge in [0.05, 0.1) is 12.7 Å². The van der Waals surface area contributed by atoms with Crippen LogP contribution in [-0.2, 0) is 0 Å². The van der Waals surface area contributed by atoms with Gasteiger partial charge in [0.1, 0.15) is 11.5 Å². The van der Waals surface area contributed by atoms with E-state index in [1.807, 2.05) is 0 Å². The lowest BCUT2D eigenvalue weighted by Gasteiger charge is -2.25. The maximum atomic E-state index is 12.1. The Balaban J connectivity index is 1.91. The summed E-state index contributed by atoms with van der Waals surface area (Å²) in [7, 11) is 1.52. The summed E-state index contributed by atoms with van der Waals surface area (Å²) in [5.74, 6) is 0.761. The van der Waals surface area contributed by atoms with Gasteiger partial charge in [0.2, 0.25) is 0 Å². The Labute approximate surface area is 127 Å². The van der Waals surface area contributed by atoms with Crippen molar-refractivity contribution in [3.8, 4) is 11.5 Å².